The predicted octanol–water partition coefficient (Wildman–Crippen LogP) is 1.35. The standard InChI is InChI=1S/C15H24N4/c1-12(13-7-5-4-6-8-13)14-11-17-15(16)19(14)10-9-18(2)3/h4-8,12,14H,9-11H2,1-3H3,(H2,16,17). The first-order valence-electron chi connectivity index (χ1n) is 6.86. The molecule has 2 atom stereocenters. The van der Waals surface area contributed by atoms with E-state index in [0.29, 0.717) is 17.9 Å². The van der Waals surface area contributed by atoms with E-state index in [1.807, 2.05) is 0 Å². The van der Waals surface area contributed by atoms with Gasteiger partial charge >= 0.3 is 0 Å². The molecule has 0 saturated carbocycles. The molecule has 4 heteroatoms. The van der Waals surface area contributed by atoms with Crippen molar-refractivity contribution in [3.05, 3.63) is 35.9 Å². The van der Waals surface area contributed by atoms with E-state index in [0.717, 1.165) is 19.6 Å². The minimum atomic E-state index is 0.377. The van der Waals surface area contributed by atoms with Crippen LogP contribution in [0.3, 0.4) is 0 Å². The van der Waals surface area contributed by atoms with E-state index in [1.54, 1.807) is 0 Å². The van der Waals surface area contributed by atoms with Crippen LogP contribution in [0.4, 0.5) is 0 Å². The summed E-state index contributed by atoms with van der Waals surface area (Å²) in [7, 11) is 4.16. The van der Waals surface area contributed by atoms with E-state index in [1.165, 1.54) is 5.56 Å². The molecule has 1 heterocycles. The summed E-state index contributed by atoms with van der Waals surface area (Å²) in [4.78, 5) is 8.85. The molecule has 2 rings (SSSR count). The molecular formula is C15H24N4. The zero-order valence-corrected chi connectivity index (χ0v) is 12.1. The predicted molar refractivity (Wildman–Crippen MR) is 80.4 cm³/mol. The molecule has 0 spiro atoms. The van der Waals surface area contributed by atoms with Gasteiger partial charge < -0.3 is 15.5 Å². The molecule has 0 fully saturated rings. The highest BCUT2D eigenvalue weighted by Crippen LogP contribution is 2.25. The summed E-state index contributed by atoms with van der Waals surface area (Å²) in [6.45, 7) is 4.99. The second kappa shape index (κ2) is 6.06. The van der Waals surface area contributed by atoms with E-state index >= 15 is 0 Å². The number of nitrogens with zero attached hydrogens (tertiary/aromatic N) is 3. The lowest BCUT2D eigenvalue weighted by Crippen LogP contribution is -2.46. The number of hydrogen-bond acceptors (Lipinski definition) is 4. The van der Waals surface area contributed by atoms with Crippen molar-refractivity contribution in [2.24, 2.45) is 10.7 Å². The topological polar surface area (TPSA) is 44.9 Å². The Morgan fingerprint density at radius 2 is 2.05 bits per heavy atom. The molecule has 0 bridgehead atoms. The van der Waals surface area contributed by atoms with Gasteiger partial charge in [0, 0.05) is 19.0 Å². The van der Waals surface area contributed by atoms with Crippen molar-refractivity contribution in [3.63, 3.8) is 0 Å². The number of benzene rings is 1. The highest BCUT2D eigenvalue weighted by molar-refractivity contribution is 5.80. The zero-order valence-electron chi connectivity index (χ0n) is 12.1. The lowest BCUT2D eigenvalue weighted by Gasteiger charge is -2.31. The molecule has 4 nitrogen and oxygen atoms in total. The number of nitrogens with two attached hydrogens (primary N) is 1. The Kier molecular flexibility index (Phi) is 4.43. The summed E-state index contributed by atoms with van der Waals surface area (Å²) in [5.74, 6) is 1.13. The van der Waals surface area contributed by atoms with Crippen molar-refractivity contribution < 1.29 is 0 Å². The van der Waals surface area contributed by atoms with Crippen LogP contribution in [0.15, 0.2) is 35.3 Å². The Morgan fingerprint density at radius 3 is 2.68 bits per heavy atom. The van der Waals surface area contributed by atoms with Gasteiger partial charge in [0.1, 0.15) is 0 Å². The van der Waals surface area contributed by atoms with Crippen LogP contribution in [-0.2, 0) is 0 Å². The molecule has 0 aliphatic carbocycles. The SMILES string of the molecule is CC(c1ccccc1)C1CN=C(N)N1CCN(C)C. The minimum absolute atomic E-state index is 0.377. The number of rotatable bonds is 5. The average molecular weight is 260 g/mol. The van der Waals surface area contributed by atoms with Gasteiger partial charge in [0.2, 0.25) is 0 Å². The fraction of sp³-hybridized carbons (Fsp3) is 0.533. The maximum absolute atomic E-state index is 6.03. The average Bonchev–Trinajstić information content (AvgIpc) is 2.78. The first kappa shape index (κ1) is 13.9. The molecule has 19 heavy (non-hydrogen) atoms. The van der Waals surface area contributed by atoms with Gasteiger partial charge in [0.05, 0.1) is 12.6 Å². The first-order chi connectivity index (χ1) is 9.09. The van der Waals surface area contributed by atoms with Gasteiger partial charge in [-0.15, -0.1) is 0 Å². The van der Waals surface area contributed by atoms with Crippen LogP contribution in [-0.4, -0.2) is 55.5 Å². The lowest BCUT2D eigenvalue weighted by molar-refractivity contribution is 0.269. The van der Waals surface area contributed by atoms with Crippen LogP contribution in [0, 0.1) is 0 Å². The van der Waals surface area contributed by atoms with E-state index in [4.69, 9.17) is 5.73 Å². The van der Waals surface area contributed by atoms with Crippen molar-refractivity contribution in [1.29, 1.82) is 0 Å². The summed E-state index contributed by atoms with van der Waals surface area (Å²) in [5, 5.41) is 0. The molecule has 1 aliphatic heterocycles. The molecule has 1 aromatic rings. The quantitative estimate of drug-likeness (QED) is 0.869. The van der Waals surface area contributed by atoms with Gasteiger partial charge in [-0.25, -0.2) is 0 Å². The largest absolute Gasteiger partial charge is 0.370 e. The Bertz CT molecular complexity index is 427. The van der Waals surface area contributed by atoms with Crippen LogP contribution in [0.25, 0.3) is 0 Å². The van der Waals surface area contributed by atoms with E-state index in [9.17, 15) is 0 Å². The molecular weight excluding hydrogens is 236 g/mol. The molecule has 0 aromatic heterocycles. The summed E-state index contributed by atoms with van der Waals surface area (Å²) in [6, 6.07) is 11.0. The summed E-state index contributed by atoms with van der Waals surface area (Å²) in [5.41, 5.74) is 7.38. The van der Waals surface area contributed by atoms with Crippen LogP contribution in [0.1, 0.15) is 18.4 Å². The summed E-state index contributed by atoms with van der Waals surface area (Å²) in [6.07, 6.45) is 0. The first-order valence-corrected chi connectivity index (χ1v) is 6.86. The third kappa shape index (κ3) is 3.26. The van der Waals surface area contributed by atoms with Gasteiger partial charge in [-0.1, -0.05) is 37.3 Å². The third-order valence-electron chi connectivity index (χ3n) is 3.83. The molecule has 2 unspecified atom stereocenters. The lowest BCUT2D eigenvalue weighted by atomic mass is 9.93. The van der Waals surface area contributed by atoms with Gasteiger partial charge in [0.15, 0.2) is 5.96 Å². The Labute approximate surface area is 115 Å². The van der Waals surface area contributed by atoms with Crippen LogP contribution in [0.5, 0.6) is 0 Å². The van der Waals surface area contributed by atoms with Gasteiger partial charge in [-0.2, -0.15) is 0 Å². The number of hydrogen-bond donors (Lipinski definition) is 1. The van der Waals surface area contributed by atoms with Crippen molar-refractivity contribution in [1.82, 2.24) is 9.80 Å². The van der Waals surface area contributed by atoms with Crippen LogP contribution < -0.4 is 5.73 Å². The maximum atomic E-state index is 6.03. The molecule has 1 aromatic carbocycles. The van der Waals surface area contributed by atoms with Gasteiger partial charge in [-0.05, 0) is 19.7 Å². The number of likely N-dealkylation sites (N-methyl/N-ethyl adjacent to an activating group) is 1. The monoisotopic (exact) mass is 260 g/mol. The number of aliphatic imine (C=N–C) groups is 1. The molecule has 2 N–H and O–H groups in total. The molecule has 1 aliphatic rings. The molecule has 0 amide bonds. The molecule has 104 valence electrons. The van der Waals surface area contributed by atoms with Gasteiger partial charge in [0.25, 0.3) is 0 Å². The minimum Gasteiger partial charge on any atom is -0.370 e. The highest BCUT2D eigenvalue weighted by atomic mass is 15.3. The fourth-order valence-corrected chi connectivity index (χ4v) is 2.54. The second-order valence-electron chi connectivity index (χ2n) is 5.46. The van der Waals surface area contributed by atoms with E-state index in [-0.39, 0.29) is 0 Å². The van der Waals surface area contributed by atoms with E-state index < -0.39 is 0 Å². The Hall–Kier alpha value is -1.55. The molecule has 0 radical (unpaired) electrons. The van der Waals surface area contributed by atoms with Crippen molar-refractivity contribution in [2.75, 3.05) is 33.7 Å². The maximum Gasteiger partial charge on any atom is 0.191 e. The molecule has 0 saturated heterocycles. The van der Waals surface area contributed by atoms with Crippen molar-refractivity contribution >= 4 is 5.96 Å². The summed E-state index contributed by atoms with van der Waals surface area (Å²) < 4.78 is 0. The fourth-order valence-electron chi connectivity index (χ4n) is 2.54. The number of guanidine groups is 1. The Balaban J connectivity index is 2.06. The normalized spacial score (nSPS) is 20.7. The van der Waals surface area contributed by atoms with Crippen molar-refractivity contribution in [3.8, 4) is 0 Å². The van der Waals surface area contributed by atoms with Crippen molar-refractivity contribution in [2.45, 2.75) is 18.9 Å². The van der Waals surface area contributed by atoms with Gasteiger partial charge in [-0.3, -0.25) is 4.99 Å². The Morgan fingerprint density at radius 1 is 1.37 bits per heavy atom. The van der Waals surface area contributed by atoms with E-state index in [2.05, 4.69) is 66.1 Å². The smallest absolute Gasteiger partial charge is 0.191 e. The van der Waals surface area contributed by atoms with Crippen LogP contribution >= 0.6 is 0 Å². The zero-order chi connectivity index (χ0) is 13.8. The van der Waals surface area contributed by atoms with Crippen LogP contribution in [0.2, 0.25) is 0 Å². The third-order valence-corrected chi connectivity index (χ3v) is 3.83. The summed E-state index contributed by atoms with van der Waals surface area (Å²) >= 11 is 0. The second-order valence-corrected chi connectivity index (χ2v) is 5.46. The highest BCUT2D eigenvalue weighted by Gasteiger charge is 2.30.